The molecule has 2 aliphatic heterocycles. The van der Waals surface area contributed by atoms with Gasteiger partial charge in [-0.2, -0.15) is 13.2 Å². The van der Waals surface area contributed by atoms with E-state index in [1.165, 1.54) is 75.9 Å². The third-order valence-electron chi connectivity index (χ3n) is 18.1. The highest BCUT2D eigenvalue weighted by atomic mass is 35.5. The monoisotopic (exact) mass is 1350 g/mol. The smallest absolute Gasteiger partial charge is 0.351 e. The lowest BCUT2D eigenvalue weighted by Gasteiger charge is -2.43. The molecule has 0 spiro atoms. The van der Waals surface area contributed by atoms with Crippen LogP contribution in [0.5, 0.6) is 0 Å². The minimum Gasteiger partial charge on any atom is -0.351 e. The molecule has 522 valence electrons. The predicted molar refractivity (Wildman–Crippen MR) is 349 cm³/mol. The molecule has 0 unspecified atom stereocenters. The number of nitrogens with one attached hydrogen (secondary N) is 3. The molecule has 10 atom stereocenters. The van der Waals surface area contributed by atoms with Crippen LogP contribution in [0.2, 0.25) is 5.02 Å². The molecule has 95 heavy (non-hydrogen) atoms. The van der Waals surface area contributed by atoms with E-state index in [1.54, 1.807) is 96.1 Å². The van der Waals surface area contributed by atoms with Gasteiger partial charge < -0.3 is 55.1 Å². The van der Waals surface area contributed by atoms with Crippen molar-refractivity contribution in [2.45, 2.75) is 167 Å². The van der Waals surface area contributed by atoms with E-state index < -0.39 is 162 Å². The minimum absolute atomic E-state index is 0.00881. The summed E-state index contributed by atoms with van der Waals surface area (Å²) in [5.74, 6) is -10.6. The molecule has 5 rings (SSSR count). The van der Waals surface area contributed by atoms with Gasteiger partial charge in [0.1, 0.15) is 54.2 Å². The third kappa shape index (κ3) is 20.2. The van der Waals surface area contributed by atoms with Crippen LogP contribution in [-0.2, 0) is 78.2 Å². The third-order valence-corrected chi connectivity index (χ3v) is 18.4. The molecule has 2 saturated heterocycles. The van der Waals surface area contributed by atoms with E-state index in [9.17, 15) is 51.5 Å². The average molecular weight is 1350 g/mol. The van der Waals surface area contributed by atoms with Gasteiger partial charge in [0.15, 0.2) is 0 Å². The van der Waals surface area contributed by atoms with E-state index in [0.29, 0.717) is 34.7 Å². The van der Waals surface area contributed by atoms with Gasteiger partial charge in [-0.1, -0.05) is 108 Å². The van der Waals surface area contributed by atoms with Gasteiger partial charge in [0.2, 0.25) is 65.0 Å². The largest absolute Gasteiger partial charge is 0.419 e. The molecular formula is C68H94ClF4N11O11. The summed E-state index contributed by atoms with van der Waals surface area (Å²) in [6.07, 6.45) is -5.59. The Bertz CT molecular complexity index is 3250. The number of hydrogen-bond acceptors (Lipinski definition) is 11. The van der Waals surface area contributed by atoms with Gasteiger partial charge in [-0.15, -0.1) is 0 Å². The predicted octanol–water partition coefficient (Wildman–Crippen LogP) is 5.21. The van der Waals surface area contributed by atoms with E-state index in [4.69, 9.17) is 11.6 Å². The molecule has 3 aromatic rings. The number of halogens is 5. The van der Waals surface area contributed by atoms with Crippen molar-refractivity contribution in [3.05, 3.63) is 106 Å². The number of carbonyl (C=O) groups is 11. The first kappa shape index (κ1) is 77.5. The fourth-order valence-electron chi connectivity index (χ4n) is 11.8. The van der Waals surface area contributed by atoms with Crippen molar-refractivity contribution in [3.8, 4) is 0 Å². The zero-order valence-electron chi connectivity index (χ0n) is 57.1. The molecule has 2 aliphatic rings. The summed E-state index contributed by atoms with van der Waals surface area (Å²) in [7, 11) is 9.54. The molecule has 11 amide bonds. The second-order valence-electron chi connectivity index (χ2n) is 26.1. The number of amides is 11. The Morgan fingerprint density at radius 3 is 1.68 bits per heavy atom. The highest BCUT2D eigenvalue weighted by Gasteiger charge is 2.45. The van der Waals surface area contributed by atoms with E-state index in [2.05, 4.69) is 16.0 Å². The van der Waals surface area contributed by atoms with E-state index in [1.807, 2.05) is 6.92 Å². The van der Waals surface area contributed by atoms with Crippen LogP contribution in [0.4, 0.5) is 17.6 Å². The zero-order chi connectivity index (χ0) is 71.2. The first-order chi connectivity index (χ1) is 44.4. The first-order valence-corrected chi connectivity index (χ1v) is 32.4. The summed E-state index contributed by atoms with van der Waals surface area (Å²) in [4.78, 5) is 170. The maximum atomic E-state index is 15.4. The Labute approximate surface area is 559 Å². The van der Waals surface area contributed by atoms with Crippen LogP contribution in [0.15, 0.2) is 72.8 Å². The molecule has 3 N–H and O–H groups in total. The summed E-state index contributed by atoms with van der Waals surface area (Å²) in [6, 6.07) is 6.37. The number of alkyl halides is 3. The molecule has 22 nitrogen and oxygen atoms in total. The van der Waals surface area contributed by atoms with Crippen molar-refractivity contribution in [1.82, 2.24) is 55.1 Å². The number of rotatable bonds is 12. The second kappa shape index (κ2) is 34.0. The van der Waals surface area contributed by atoms with Gasteiger partial charge >= 0.3 is 6.18 Å². The number of nitrogens with zero attached hydrogens (tertiary/aromatic N) is 8. The van der Waals surface area contributed by atoms with Crippen molar-refractivity contribution in [3.63, 3.8) is 0 Å². The maximum Gasteiger partial charge on any atom is 0.419 e. The van der Waals surface area contributed by atoms with E-state index >= 15 is 18.8 Å². The maximum absolute atomic E-state index is 15.4. The minimum atomic E-state index is -5.02. The number of likely N-dealkylation sites (N-methyl/N-ethyl adjacent to an activating group) is 7. The zero-order valence-corrected chi connectivity index (χ0v) is 57.8. The molecule has 0 aliphatic carbocycles. The Hall–Kier alpha value is -8.16. The second-order valence-corrected chi connectivity index (χ2v) is 26.5. The summed E-state index contributed by atoms with van der Waals surface area (Å²) < 4.78 is 56.2. The lowest BCUT2D eigenvalue weighted by molar-refractivity contribution is -0.157. The Balaban J connectivity index is 1.62. The van der Waals surface area contributed by atoms with Crippen LogP contribution in [0.1, 0.15) is 110 Å². The standard InChI is InChI=1S/C68H94ClF4N11O11/c1-16-41(6)58-67(95)78(10)38-57(87)84-31-30-51(84)64(92)81(13)53(36-46-22-26-47(69)27-23-46)63(91)77(9)37-55(85)75-50(29-25-45-24-28-48(49(70)34-45)68(71,72)73)62(90)80(12)52(32-39(2)3)65(93)82(14)54(35-44-20-18-17-19-21-44)66(94)83(15)59(40(4)5)61(89)74-42(7)33-56(86)79(11)43(8)60(88)76-58/h17-24,26-28,34,39-43,50-54,58-59H,16,25,29-33,35-38H2,1-15H3,(H,74,89)(H,75,85)(H,76,88)/t41-,42+,43-,50-,51-,52-,53-,54-,58-,59-/m0/s1. The Kier molecular flexibility index (Phi) is 27.7. The summed E-state index contributed by atoms with van der Waals surface area (Å²) >= 11 is 6.23. The quantitative estimate of drug-likeness (QED) is 0.199. The molecule has 2 heterocycles. The number of benzene rings is 3. The number of fused-ring (bicyclic) bond motifs is 1. The lowest BCUT2D eigenvalue weighted by Crippen LogP contribution is -2.63. The Morgan fingerprint density at radius 1 is 0.589 bits per heavy atom. The molecule has 0 aromatic heterocycles. The van der Waals surface area contributed by atoms with Crippen LogP contribution >= 0.6 is 11.6 Å². The van der Waals surface area contributed by atoms with Gasteiger partial charge in [-0.05, 0) is 98.2 Å². The summed E-state index contributed by atoms with van der Waals surface area (Å²) in [6.45, 7) is 12.5. The number of aryl methyl sites for hydroxylation is 1. The van der Waals surface area contributed by atoms with E-state index in [-0.39, 0.29) is 63.0 Å². The van der Waals surface area contributed by atoms with Crippen molar-refractivity contribution in [2.24, 2.45) is 17.8 Å². The van der Waals surface area contributed by atoms with Crippen LogP contribution in [0.3, 0.4) is 0 Å². The van der Waals surface area contributed by atoms with Gasteiger partial charge in [0.05, 0.1) is 18.7 Å². The SMILES string of the molecule is CC[C@H](C)[C@@H]1NC(=O)[C@H](C)N(C)C(=O)C[C@@H](C)NC(=O)[C@H](C(C)C)N(C)C(=O)[C@H](Cc2ccccc2)N(C)C(=O)[C@H](CC(C)C)N(C)C(=O)[C@H](CCc2ccc(C(F)(F)F)c(F)c2)NC(=O)CN(C)C(=O)[C@H](Cc2ccc(Cl)cc2)N(C)C(=O)[C@@H]2CCN2C(=O)CN(C)C1=O. The van der Waals surface area contributed by atoms with Gasteiger partial charge in [0.25, 0.3) is 0 Å². The fourth-order valence-corrected chi connectivity index (χ4v) is 11.9. The highest BCUT2D eigenvalue weighted by molar-refractivity contribution is 6.30. The lowest BCUT2D eigenvalue weighted by atomic mass is 9.96. The molecule has 3 aromatic carbocycles. The Morgan fingerprint density at radius 2 is 1.14 bits per heavy atom. The van der Waals surface area contributed by atoms with E-state index in [0.717, 1.165) is 25.7 Å². The summed E-state index contributed by atoms with van der Waals surface area (Å²) in [5.41, 5.74) is -0.333. The van der Waals surface area contributed by atoms with Crippen molar-refractivity contribution in [2.75, 3.05) is 69.0 Å². The van der Waals surface area contributed by atoms with Crippen LogP contribution in [-0.4, -0.2) is 228 Å². The van der Waals surface area contributed by atoms with Crippen molar-refractivity contribution in [1.29, 1.82) is 0 Å². The van der Waals surface area contributed by atoms with Gasteiger partial charge in [-0.25, -0.2) is 4.39 Å². The molecule has 0 saturated carbocycles. The van der Waals surface area contributed by atoms with Crippen LogP contribution in [0.25, 0.3) is 0 Å². The summed E-state index contributed by atoms with van der Waals surface area (Å²) in [5, 5.41) is 8.66. The first-order valence-electron chi connectivity index (χ1n) is 32.1. The molecule has 0 bridgehead atoms. The average Bonchev–Trinajstić information content (AvgIpc) is 0.805. The van der Waals surface area contributed by atoms with Gasteiger partial charge in [-0.3, -0.25) is 52.7 Å². The molecule has 0 radical (unpaired) electrons. The van der Waals surface area contributed by atoms with Crippen molar-refractivity contribution < 1.29 is 70.3 Å². The molecular weight excluding hydrogens is 1260 g/mol. The van der Waals surface area contributed by atoms with Gasteiger partial charge in [0, 0.05) is 86.2 Å². The molecule has 2 fully saturated rings. The highest BCUT2D eigenvalue weighted by Crippen LogP contribution is 2.32. The molecule has 27 heteroatoms. The van der Waals surface area contributed by atoms with Crippen molar-refractivity contribution >= 4 is 76.6 Å². The normalized spacial score (nSPS) is 24.6. The number of hydrogen-bond donors (Lipinski definition) is 3. The van der Waals surface area contributed by atoms with Crippen LogP contribution < -0.4 is 16.0 Å². The van der Waals surface area contributed by atoms with Crippen LogP contribution in [0, 0.1) is 23.6 Å². The fraction of sp³-hybridized carbons (Fsp3) is 0.574. The topological polar surface area (TPSA) is 250 Å². The number of carbonyl (C=O) groups excluding carboxylic acids is 11.